The van der Waals surface area contributed by atoms with E-state index >= 15 is 0 Å². The van der Waals surface area contributed by atoms with Gasteiger partial charge in [-0.25, -0.2) is 0 Å². The number of terminal acetylenes is 1. The van der Waals surface area contributed by atoms with Crippen molar-refractivity contribution in [2.45, 2.75) is 12.8 Å². The summed E-state index contributed by atoms with van der Waals surface area (Å²) in [5.74, 6) is 2.70. The molecule has 1 aromatic carbocycles. The summed E-state index contributed by atoms with van der Waals surface area (Å²) in [6, 6.07) is 4.15. The Kier molecular flexibility index (Phi) is 4.40. The highest BCUT2D eigenvalue weighted by molar-refractivity contribution is 9.10. The lowest BCUT2D eigenvalue weighted by Crippen LogP contribution is -2.33. The number of amides is 1. The Labute approximate surface area is 125 Å². The SMILES string of the molecule is C#CCN(CC1CC1)C(=O)c1cc([N+](=O)[O-])ccc1Br. The lowest BCUT2D eigenvalue weighted by molar-refractivity contribution is -0.384. The number of hydrogen-bond donors (Lipinski definition) is 0. The largest absolute Gasteiger partial charge is 0.327 e. The van der Waals surface area contributed by atoms with Crippen molar-refractivity contribution in [1.29, 1.82) is 0 Å². The molecule has 0 unspecified atom stereocenters. The van der Waals surface area contributed by atoms with Gasteiger partial charge in [-0.05, 0) is 40.8 Å². The molecule has 1 saturated carbocycles. The zero-order valence-electron chi connectivity index (χ0n) is 10.7. The number of rotatable bonds is 5. The second kappa shape index (κ2) is 6.06. The van der Waals surface area contributed by atoms with Gasteiger partial charge in [0.25, 0.3) is 11.6 Å². The Morgan fingerprint density at radius 3 is 2.80 bits per heavy atom. The predicted molar refractivity (Wildman–Crippen MR) is 78.3 cm³/mol. The first kappa shape index (κ1) is 14.5. The topological polar surface area (TPSA) is 63.5 Å². The molecule has 2 rings (SSSR count). The van der Waals surface area contributed by atoms with Gasteiger partial charge in [0, 0.05) is 23.2 Å². The predicted octanol–water partition coefficient (Wildman–Crippen LogP) is 2.84. The zero-order valence-corrected chi connectivity index (χ0v) is 12.3. The summed E-state index contributed by atoms with van der Waals surface area (Å²) in [5.41, 5.74) is 0.165. The normalized spacial score (nSPS) is 13.6. The van der Waals surface area contributed by atoms with Gasteiger partial charge in [-0.2, -0.15) is 0 Å². The molecule has 0 aliphatic heterocycles. The number of halogens is 1. The Bertz CT molecular complexity index is 591. The van der Waals surface area contributed by atoms with Crippen LogP contribution in [0.3, 0.4) is 0 Å². The van der Waals surface area contributed by atoms with E-state index in [0.717, 1.165) is 12.8 Å². The maximum absolute atomic E-state index is 12.5. The number of nitro benzene ring substituents is 1. The summed E-state index contributed by atoms with van der Waals surface area (Å²) in [6.45, 7) is 0.822. The fourth-order valence-electron chi connectivity index (χ4n) is 1.90. The maximum atomic E-state index is 12.5. The first-order valence-corrected chi connectivity index (χ1v) is 6.99. The van der Waals surface area contributed by atoms with E-state index < -0.39 is 4.92 Å². The molecule has 5 nitrogen and oxygen atoms in total. The summed E-state index contributed by atoms with van der Waals surface area (Å²) in [4.78, 5) is 24.3. The van der Waals surface area contributed by atoms with Gasteiger partial charge in [-0.1, -0.05) is 5.92 Å². The van der Waals surface area contributed by atoms with Crippen molar-refractivity contribution in [3.05, 3.63) is 38.3 Å². The molecular weight excluding hydrogens is 324 g/mol. The maximum Gasteiger partial charge on any atom is 0.270 e. The molecule has 0 heterocycles. The van der Waals surface area contributed by atoms with Crippen LogP contribution in [0.25, 0.3) is 0 Å². The monoisotopic (exact) mass is 336 g/mol. The van der Waals surface area contributed by atoms with Crippen LogP contribution in [0, 0.1) is 28.4 Å². The van der Waals surface area contributed by atoms with Crippen molar-refractivity contribution in [3.8, 4) is 12.3 Å². The van der Waals surface area contributed by atoms with Crippen LogP contribution in [0.2, 0.25) is 0 Å². The Hall–Kier alpha value is -1.87. The third kappa shape index (κ3) is 3.36. The first-order valence-electron chi connectivity index (χ1n) is 6.19. The van der Waals surface area contributed by atoms with Gasteiger partial charge in [-0.3, -0.25) is 14.9 Å². The van der Waals surface area contributed by atoms with Gasteiger partial charge in [0.1, 0.15) is 0 Å². The van der Waals surface area contributed by atoms with E-state index in [9.17, 15) is 14.9 Å². The van der Waals surface area contributed by atoms with E-state index in [1.165, 1.54) is 18.2 Å². The Balaban J connectivity index is 2.27. The van der Waals surface area contributed by atoms with Crippen LogP contribution in [0.15, 0.2) is 22.7 Å². The number of carbonyl (C=O) groups excluding carboxylic acids is 1. The highest BCUT2D eigenvalue weighted by atomic mass is 79.9. The Morgan fingerprint density at radius 2 is 2.25 bits per heavy atom. The first-order chi connectivity index (χ1) is 9.52. The molecule has 0 N–H and O–H groups in total. The standard InChI is InChI=1S/C14H13BrN2O3/c1-2-7-16(9-10-3-4-10)14(18)12-8-11(17(19)20)5-6-13(12)15/h1,5-6,8,10H,3-4,7,9H2. The highest BCUT2D eigenvalue weighted by Gasteiger charge is 2.28. The van der Waals surface area contributed by atoms with Crippen molar-refractivity contribution in [2.24, 2.45) is 5.92 Å². The van der Waals surface area contributed by atoms with E-state index in [0.29, 0.717) is 16.9 Å². The van der Waals surface area contributed by atoms with Gasteiger partial charge in [-0.15, -0.1) is 6.42 Å². The van der Waals surface area contributed by atoms with Crippen LogP contribution >= 0.6 is 15.9 Å². The molecule has 0 saturated heterocycles. The molecule has 6 heteroatoms. The fourth-order valence-corrected chi connectivity index (χ4v) is 2.32. The second-order valence-electron chi connectivity index (χ2n) is 4.75. The zero-order chi connectivity index (χ0) is 14.7. The molecule has 1 fully saturated rings. The van der Waals surface area contributed by atoms with Gasteiger partial charge in [0.05, 0.1) is 17.0 Å². The number of hydrogen-bond acceptors (Lipinski definition) is 3. The van der Waals surface area contributed by atoms with Crippen molar-refractivity contribution < 1.29 is 9.72 Å². The molecule has 0 aromatic heterocycles. The lowest BCUT2D eigenvalue weighted by atomic mass is 10.1. The number of non-ortho nitro benzene ring substituents is 1. The third-order valence-corrected chi connectivity index (χ3v) is 3.83. The van der Waals surface area contributed by atoms with Crippen molar-refractivity contribution in [1.82, 2.24) is 4.90 Å². The van der Waals surface area contributed by atoms with Gasteiger partial charge >= 0.3 is 0 Å². The lowest BCUT2D eigenvalue weighted by Gasteiger charge is -2.20. The molecule has 1 amide bonds. The van der Waals surface area contributed by atoms with E-state index in [2.05, 4.69) is 21.9 Å². The minimum atomic E-state index is -0.518. The molecule has 1 aromatic rings. The average molecular weight is 337 g/mol. The quantitative estimate of drug-likeness (QED) is 0.471. The summed E-state index contributed by atoms with van der Waals surface area (Å²) in [7, 11) is 0. The van der Waals surface area contributed by atoms with E-state index in [1.54, 1.807) is 4.90 Å². The van der Waals surface area contributed by atoms with Crippen LogP contribution in [-0.2, 0) is 0 Å². The van der Waals surface area contributed by atoms with Crippen LogP contribution in [0.1, 0.15) is 23.2 Å². The van der Waals surface area contributed by atoms with Crippen LogP contribution in [-0.4, -0.2) is 28.8 Å². The molecule has 0 spiro atoms. The number of carbonyl (C=O) groups is 1. The molecule has 0 atom stereocenters. The Morgan fingerprint density at radius 1 is 1.55 bits per heavy atom. The van der Waals surface area contributed by atoms with E-state index in [-0.39, 0.29) is 23.7 Å². The minimum absolute atomic E-state index is 0.108. The number of benzene rings is 1. The summed E-state index contributed by atoms with van der Waals surface area (Å²) in [6.07, 6.45) is 7.50. The smallest absolute Gasteiger partial charge is 0.270 e. The van der Waals surface area contributed by atoms with Crippen LogP contribution in [0.5, 0.6) is 0 Å². The highest BCUT2D eigenvalue weighted by Crippen LogP contribution is 2.31. The summed E-state index contributed by atoms with van der Waals surface area (Å²) >= 11 is 3.26. The van der Waals surface area contributed by atoms with Gasteiger partial charge in [0.15, 0.2) is 0 Å². The van der Waals surface area contributed by atoms with E-state index in [1.807, 2.05) is 0 Å². The van der Waals surface area contributed by atoms with Crippen molar-refractivity contribution >= 4 is 27.5 Å². The molecule has 20 heavy (non-hydrogen) atoms. The third-order valence-electron chi connectivity index (χ3n) is 3.14. The summed E-state index contributed by atoms with van der Waals surface area (Å²) < 4.78 is 0.533. The number of nitrogens with zero attached hydrogens (tertiary/aromatic N) is 2. The molecule has 0 radical (unpaired) electrons. The van der Waals surface area contributed by atoms with E-state index in [4.69, 9.17) is 6.42 Å². The van der Waals surface area contributed by atoms with Crippen LogP contribution in [0.4, 0.5) is 5.69 Å². The van der Waals surface area contributed by atoms with Crippen LogP contribution < -0.4 is 0 Å². The van der Waals surface area contributed by atoms with Crippen molar-refractivity contribution in [2.75, 3.05) is 13.1 Å². The van der Waals surface area contributed by atoms with Gasteiger partial charge in [0.2, 0.25) is 0 Å². The second-order valence-corrected chi connectivity index (χ2v) is 5.61. The molecule has 0 bridgehead atoms. The number of nitro groups is 1. The fraction of sp³-hybridized carbons (Fsp3) is 0.357. The van der Waals surface area contributed by atoms with Crippen molar-refractivity contribution in [3.63, 3.8) is 0 Å². The minimum Gasteiger partial charge on any atom is -0.327 e. The molecule has 1 aliphatic rings. The molecule has 104 valence electrons. The van der Waals surface area contributed by atoms with Gasteiger partial charge < -0.3 is 4.90 Å². The average Bonchev–Trinajstić information content (AvgIpc) is 3.21. The molecular formula is C14H13BrN2O3. The summed E-state index contributed by atoms with van der Waals surface area (Å²) in [5, 5.41) is 10.8. The molecule has 1 aliphatic carbocycles.